The van der Waals surface area contributed by atoms with Crippen molar-refractivity contribution in [1.82, 2.24) is 0 Å². The Bertz CT molecular complexity index is 368. The number of aliphatic carboxylic acids is 1. The largest absolute Gasteiger partial charge is 0.481 e. The van der Waals surface area contributed by atoms with E-state index < -0.39 is 17.6 Å². The number of hydrogen-bond acceptors (Lipinski definition) is 1. The maximum atomic E-state index is 13.0. The van der Waals surface area contributed by atoms with E-state index in [1.54, 1.807) is 0 Å². The SMILES string of the molecule is CC(C)C(CC(=O)O)c1cc(F)cc(F)c1. The van der Waals surface area contributed by atoms with Crippen LogP contribution in [0.2, 0.25) is 0 Å². The minimum absolute atomic E-state index is 0.0114. The van der Waals surface area contributed by atoms with Crippen LogP contribution in [0.15, 0.2) is 18.2 Å². The fraction of sp³-hybridized carbons (Fsp3) is 0.417. The third-order valence-corrected chi connectivity index (χ3v) is 2.51. The average molecular weight is 228 g/mol. The van der Waals surface area contributed by atoms with Crippen molar-refractivity contribution in [2.45, 2.75) is 26.2 Å². The van der Waals surface area contributed by atoms with Crippen molar-refractivity contribution in [3.63, 3.8) is 0 Å². The third kappa shape index (κ3) is 3.29. The number of benzene rings is 1. The molecule has 0 bridgehead atoms. The van der Waals surface area contributed by atoms with E-state index in [1.807, 2.05) is 13.8 Å². The van der Waals surface area contributed by atoms with E-state index >= 15 is 0 Å². The third-order valence-electron chi connectivity index (χ3n) is 2.51. The predicted octanol–water partition coefficient (Wildman–Crippen LogP) is 3.18. The summed E-state index contributed by atoms with van der Waals surface area (Å²) in [6.45, 7) is 3.66. The van der Waals surface area contributed by atoms with Crippen molar-refractivity contribution in [1.29, 1.82) is 0 Å². The molecule has 0 aliphatic carbocycles. The minimum Gasteiger partial charge on any atom is -0.481 e. The summed E-state index contributed by atoms with van der Waals surface area (Å²) in [5, 5.41) is 8.75. The molecule has 1 aromatic rings. The van der Waals surface area contributed by atoms with Crippen LogP contribution in [0.5, 0.6) is 0 Å². The van der Waals surface area contributed by atoms with Crippen LogP contribution in [-0.2, 0) is 4.79 Å². The van der Waals surface area contributed by atoms with Gasteiger partial charge in [-0.2, -0.15) is 0 Å². The van der Waals surface area contributed by atoms with Crippen LogP contribution in [0.3, 0.4) is 0 Å². The second kappa shape index (κ2) is 5.05. The van der Waals surface area contributed by atoms with Gasteiger partial charge in [0.2, 0.25) is 0 Å². The van der Waals surface area contributed by atoms with Gasteiger partial charge in [0.05, 0.1) is 6.42 Å². The van der Waals surface area contributed by atoms with E-state index in [0.29, 0.717) is 5.56 Å². The summed E-state index contributed by atoms with van der Waals surface area (Å²) in [6, 6.07) is 3.16. The van der Waals surface area contributed by atoms with E-state index in [0.717, 1.165) is 6.07 Å². The molecule has 0 fully saturated rings. The number of hydrogen-bond donors (Lipinski definition) is 1. The summed E-state index contributed by atoms with van der Waals surface area (Å²) >= 11 is 0. The lowest BCUT2D eigenvalue weighted by Crippen LogP contribution is -2.12. The number of rotatable bonds is 4. The minimum atomic E-state index is -0.969. The molecule has 0 radical (unpaired) electrons. The molecule has 4 heteroatoms. The van der Waals surface area contributed by atoms with Gasteiger partial charge in [-0.15, -0.1) is 0 Å². The van der Waals surface area contributed by atoms with E-state index in [1.165, 1.54) is 12.1 Å². The summed E-state index contributed by atoms with van der Waals surface area (Å²) in [4.78, 5) is 10.7. The van der Waals surface area contributed by atoms with Crippen molar-refractivity contribution >= 4 is 5.97 Å². The van der Waals surface area contributed by atoms with Crippen molar-refractivity contribution in [2.24, 2.45) is 5.92 Å². The highest BCUT2D eigenvalue weighted by atomic mass is 19.1. The first-order chi connectivity index (χ1) is 7.40. The molecule has 1 N–H and O–H groups in total. The lowest BCUT2D eigenvalue weighted by atomic mass is 9.86. The van der Waals surface area contributed by atoms with Crippen LogP contribution in [0.25, 0.3) is 0 Å². The topological polar surface area (TPSA) is 37.3 Å². The maximum absolute atomic E-state index is 13.0. The van der Waals surface area contributed by atoms with Crippen LogP contribution >= 0.6 is 0 Å². The van der Waals surface area contributed by atoms with Gasteiger partial charge >= 0.3 is 5.97 Å². The van der Waals surface area contributed by atoms with Gasteiger partial charge in [-0.1, -0.05) is 13.8 Å². The Balaban J connectivity index is 3.05. The van der Waals surface area contributed by atoms with Crippen molar-refractivity contribution < 1.29 is 18.7 Å². The van der Waals surface area contributed by atoms with Crippen LogP contribution in [0.4, 0.5) is 8.78 Å². The number of carboxylic acid groups (broad SMARTS) is 1. The van der Waals surface area contributed by atoms with Gasteiger partial charge < -0.3 is 5.11 Å². The highest BCUT2D eigenvalue weighted by Crippen LogP contribution is 2.28. The van der Waals surface area contributed by atoms with Crippen molar-refractivity contribution in [3.8, 4) is 0 Å². The van der Waals surface area contributed by atoms with Crippen LogP contribution in [-0.4, -0.2) is 11.1 Å². The molecule has 0 aliphatic heterocycles. The van der Waals surface area contributed by atoms with E-state index in [2.05, 4.69) is 0 Å². The predicted molar refractivity (Wildman–Crippen MR) is 56.2 cm³/mol. The first kappa shape index (κ1) is 12.6. The molecule has 16 heavy (non-hydrogen) atoms. The van der Waals surface area contributed by atoms with Crippen LogP contribution in [0, 0.1) is 17.6 Å². The summed E-state index contributed by atoms with van der Waals surface area (Å²) in [5.74, 6) is -2.68. The van der Waals surface area contributed by atoms with Gasteiger partial charge in [0.1, 0.15) is 11.6 Å². The quantitative estimate of drug-likeness (QED) is 0.859. The Morgan fingerprint density at radius 3 is 2.12 bits per heavy atom. The summed E-state index contributed by atoms with van der Waals surface area (Å²) in [5.41, 5.74) is 0.398. The van der Waals surface area contributed by atoms with Gasteiger partial charge in [0, 0.05) is 6.07 Å². The monoisotopic (exact) mass is 228 g/mol. The summed E-state index contributed by atoms with van der Waals surface area (Å²) in [7, 11) is 0. The molecule has 1 aromatic carbocycles. The molecule has 0 saturated carbocycles. The highest BCUT2D eigenvalue weighted by molar-refractivity contribution is 5.68. The van der Waals surface area contributed by atoms with Crippen LogP contribution in [0.1, 0.15) is 31.7 Å². The van der Waals surface area contributed by atoms with E-state index in [4.69, 9.17) is 5.11 Å². The molecule has 0 aliphatic rings. The molecule has 1 unspecified atom stereocenters. The second-order valence-electron chi connectivity index (χ2n) is 4.15. The molecule has 0 saturated heterocycles. The molecule has 1 rings (SSSR count). The number of carbonyl (C=O) groups is 1. The Morgan fingerprint density at radius 1 is 1.25 bits per heavy atom. The van der Waals surface area contributed by atoms with Gasteiger partial charge in [-0.25, -0.2) is 8.78 Å². The zero-order valence-corrected chi connectivity index (χ0v) is 9.21. The van der Waals surface area contributed by atoms with Crippen molar-refractivity contribution in [3.05, 3.63) is 35.4 Å². The van der Waals surface area contributed by atoms with Gasteiger partial charge in [0.25, 0.3) is 0 Å². The molecule has 88 valence electrons. The summed E-state index contributed by atoms with van der Waals surface area (Å²) in [6.07, 6.45) is -0.124. The zero-order valence-electron chi connectivity index (χ0n) is 9.21. The van der Waals surface area contributed by atoms with Gasteiger partial charge in [0.15, 0.2) is 0 Å². The van der Waals surface area contributed by atoms with Gasteiger partial charge in [-0.05, 0) is 29.5 Å². The standard InChI is InChI=1S/C12H14F2O2/c1-7(2)11(6-12(15)16)8-3-9(13)5-10(14)4-8/h3-5,7,11H,6H2,1-2H3,(H,15,16). The number of halogens is 2. The molecular formula is C12H14F2O2. The summed E-state index contributed by atoms with van der Waals surface area (Å²) < 4.78 is 26.0. The zero-order chi connectivity index (χ0) is 12.3. The Kier molecular flexibility index (Phi) is 3.99. The molecule has 2 nitrogen and oxygen atoms in total. The Hall–Kier alpha value is -1.45. The lowest BCUT2D eigenvalue weighted by Gasteiger charge is -2.19. The normalized spacial score (nSPS) is 12.8. The fourth-order valence-electron chi connectivity index (χ4n) is 1.72. The Morgan fingerprint density at radius 2 is 1.75 bits per heavy atom. The van der Waals surface area contributed by atoms with E-state index in [-0.39, 0.29) is 18.3 Å². The molecule has 0 spiro atoms. The first-order valence-corrected chi connectivity index (χ1v) is 5.08. The highest BCUT2D eigenvalue weighted by Gasteiger charge is 2.20. The molecule has 0 amide bonds. The van der Waals surface area contributed by atoms with Crippen LogP contribution < -0.4 is 0 Å². The smallest absolute Gasteiger partial charge is 0.303 e. The molecule has 0 heterocycles. The lowest BCUT2D eigenvalue weighted by molar-refractivity contribution is -0.137. The number of carboxylic acids is 1. The first-order valence-electron chi connectivity index (χ1n) is 5.08. The average Bonchev–Trinajstić information content (AvgIpc) is 2.11. The second-order valence-corrected chi connectivity index (χ2v) is 4.15. The van der Waals surface area contributed by atoms with Gasteiger partial charge in [-0.3, -0.25) is 4.79 Å². The molecule has 0 aromatic heterocycles. The maximum Gasteiger partial charge on any atom is 0.303 e. The fourth-order valence-corrected chi connectivity index (χ4v) is 1.72. The molecule has 1 atom stereocenters. The molecular weight excluding hydrogens is 214 g/mol. The Labute approximate surface area is 92.9 Å². The van der Waals surface area contributed by atoms with Crippen molar-refractivity contribution in [2.75, 3.05) is 0 Å². The van der Waals surface area contributed by atoms with E-state index in [9.17, 15) is 13.6 Å².